The predicted octanol–water partition coefficient (Wildman–Crippen LogP) is 2.96. The number of carbonyl (C=O) groups is 1. The van der Waals surface area contributed by atoms with Crippen molar-refractivity contribution in [2.75, 3.05) is 37.7 Å². The van der Waals surface area contributed by atoms with Gasteiger partial charge in [0.15, 0.2) is 0 Å². The van der Waals surface area contributed by atoms with E-state index in [0.717, 1.165) is 26.2 Å². The number of hydrogen-bond donors (Lipinski definition) is 1. The summed E-state index contributed by atoms with van der Waals surface area (Å²) in [5.41, 5.74) is 6.05. The third kappa shape index (κ3) is 4.79. The van der Waals surface area contributed by atoms with E-state index < -0.39 is 11.7 Å². The number of fused-ring (bicyclic) bond motifs is 1. The van der Waals surface area contributed by atoms with Crippen molar-refractivity contribution in [1.29, 1.82) is 0 Å². The molecular weight excluding hydrogens is 433 g/mol. The van der Waals surface area contributed by atoms with Crippen LogP contribution in [-0.4, -0.2) is 70.9 Å². The molecule has 1 saturated heterocycles. The van der Waals surface area contributed by atoms with Gasteiger partial charge >= 0.3 is 0 Å². The van der Waals surface area contributed by atoms with Gasteiger partial charge in [-0.3, -0.25) is 9.69 Å². The van der Waals surface area contributed by atoms with E-state index in [9.17, 15) is 9.18 Å². The zero-order valence-electron chi connectivity index (χ0n) is 15.6. The van der Waals surface area contributed by atoms with Crippen molar-refractivity contribution in [1.82, 2.24) is 9.80 Å². The number of nitrogens with zero attached hydrogens (tertiary/aromatic N) is 4. The topological polar surface area (TPSA) is 74.3 Å². The smallest absolute Gasteiger partial charge is 0.254 e. The number of carbonyl (C=O) groups excluding carboxylic acids is 1. The third-order valence-corrected chi connectivity index (χ3v) is 7.65. The quantitative estimate of drug-likeness (QED) is 0.741. The molecule has 10 heteroatoms. The number of benzene rings is 1. The summed E-state index contributed by atoms with van der Waals surface area (Å²) in [6.45, 7) is 3.96. The Morgan fingerprint density at radius 3 is 2.86 bits per heavy atom. The van der Waals surface area contributed by atoms with Gasteiger partial charge in [0.2, 0.25) is 0 Å². The van der Waals surface area contributed by atoms with Crippen LogP contribution in [0.5, 0.6) is 0 Å². The highest BCUT2D eigenvalue weighted by atomic mass is 35.5. The van der Waals surface area contributed by atoms with E-state index >= 15 is 0 Å². The van der Waals surface area contributed by atoms with Crippen LogP contribution in [0.2, 0.25) is 5.02 Å². The van der Waals surface area contributed by atoms with Crippen molar-refractivity contribution in [2.45, 2.75) is 5.37 Å². The van der Waals surface area contributed by atoms with E-state index in [0.29, 0.717) is 16.4 Å². The molecule has 0 radical (unpaired) electrons. The van der Waals surface area contributed by atoms with Crippen LogP contribution in [-0.2, 0) is 4.79 Å². The zero-order chi connectivity index (χ0) is 20.4. The fourth-order valence-electron chi connectivity index (χ4n) is 3.45. The lowest BCUT2D eigenvalue weighted by Crippen LogP contribution is -2.46. The third-order valence-electron chi connectivity index (χ3n) is 5.02. The maximum atomic E-state index is 13.4. The Kier molecular flexibility index (Phi) is 6.48. The average molecular weight is 454 g/mol. The summed E-state index contributed by atoms with van der Waals surface area (Å²) < 4.78 is 13.4. The molecule has 2 atom stereocenters. The number of primary amides is 1. The van der Waals surface area contributed by atoms with E-state index in [-0.39, 0.29) is 16.3 Å². The highest BCUT2D eigenvalue weighted by Crippen LogP contribution is 2.41. The predicted molar refractivity (Wildman–Crippen MR) is 120 cm³/mol. The minimum absolute atomic E-state index is 0.0127. The molecule has 0 aliphatic carbocycles. The van der Waals surface area contributed by atoms with Gasteiger partial charge < -0.3 is 10.6 Å². The second-order valence-corrected chi connectivity index (χ2v) is 9.72. The summed E-state index contributed by atoms with van der Waals surface area (Å²) >= 11 is 9.31. The first kappa shape index (κ1) is 20.7. The van der Waals surface area contributed by atoms with Crippen LogP contribution in [0.25, 0.3) is 0 Å². The molecule has 154 valence electrons. The minimum atomic E-state index is -0.491. The van der Waals surface area contributed by atoms with Gasteiger partial charge in [0, 0.05) is 37.7 Å². The van der Waals surface area contributed by atoms with Gasteiger partial charge in [0.1, 0.15) is 11.7 Å². The molecule has 1 aromatic carbocycles. The summed E-state index contributed by atoms with van der Waals surface area (Å²) in [6.07, 6.45) is 3.62. The zero-order valence-corrected chi connectivity index (χ0v) is 18.0. The van der Waals surface area contributed by atoms with Gasteiger partial charge in [-0.1, -0.05) is 29.4 Å². The molecule has 0 spiro atoms. The number of amidine groups is 1. The van der Waals surface area contributed by atoms with Crippen LogP contribution in [0, 0.1) is 11.7 Å². The Morgan fingerprint density at radius 1 is 1.34 bits per heavy atom. The van der Waals surface area contributed by atoms with Crippen LogP contribution in [0.15, 0.2) is 39.2 Å². The van der Waals surface area contributed by atoms with Crippen molar-refractivity contribution in [2.24, 2.45) is 21.6 Å². The van der Waals surface area contributed by atoms with E-state index in [1.165, 1.54) is 35.4 Å². The standard InChI is InChI=1S/C19H21ClFN5OS2/c20-14-9-12(1-2-15(14)21)24-18-13-10-16(17(22)27)29-19(13)26(11-23-18)4-3-25-5-7-28-8-6-25/h1-2,9-11,13,19H,3-8H2,(H2,22,27). The molecule has 6 nitrogen and oxygen atoms in total. The molecule has 4 rings (SSSR count). The van der Waals surface area contributed by atoms with Gasteiger partial charge in [0.05, 0.1) is 33.2 Å². The normalized spacial score (nSPS) is 25.9. The minimum Gasteiger partial charge on any atom is -0.365 e. The van der Waals surface area contributed by atoms with Gasteiger partial charge in [-0.25, -0.2) is 14.4 Å². The maximum absolute atomic E-state index is 13.4. The molecule has 1 amide bonds. The van der Waals surface area contributed by atoms with Crippen LogP contribution in [0.1, 0.15) is 0 Å². The number of aliphatic imine (C=N–C) groups is 2. The SMILES string of the molecule is NC(=O)C1=CC2C(=Nc3ccc(F)c(Cl)c3)N=CN(CCN3CCSCC3)C2S1. The molecule has 29 heavy (non-hydrogen) atoms. The molecule has 2 N–H and O–H groups in total. The van der Waals surface area contributed by atoms with E-state index in [1.807, 2.05) is 17.8 Å². The number of amides is 1. The fourth-order valence-corrected chi connectivity index (χ4v) is 5.84. The second kappa shape index (κ2) is 9.07. The first-order valence-corrected chi connectivity index (χ1v) is 11.7. The summed E-state index contributed by atoms with van der Waals surface area (Å²) in [6, 6.07) is 4.30. The molecule has 1 aromatic rings. The van der Waals surface area contributed by atoms with Crippen molar-refractivity contribution < 1.29 is 9.18 Å². The van der Waals surface area contributed by atoms with Crippen LogP contribution in [0.4, 0.5) is 10.1 Å². The van der Waals surface area contributed by atoms with Crippen molar-refractivity contribution in [3.8, 4) is 0 Å². The molecule has 0 aromatic heterocycles. The van der Waals surface area contributed by atoms with Crippen LogP contribution in [0.3, 0.4) is 0 Å². The fraction of sp³-hybridized carbons (Fsp3) is 0.421. The molecule has 0 bridgehead atoms. The van der Waals surface area contributed by atoms with Gasteiger partial charge in [-0.05, 0) is 18.2 Å². The van der Waals surface area contributed by atoms with Gasteiger partial charge in [-0.15, -0.1) is 0 Å². The highest BCUT2D eigenvalue weighted by Gasteiger charge is 2.39. The first-order valence-electron chi connectivity index (χ1n) is 9.33. The Hall–Kier alpha value is -1.55. The lowest BCUT2D eigenvalue weighted by atomic mass is 10.1. The van der Waals surface area contributed by atoms with Gasteiger partial charge in [0.25, 0.3) is 5.91 Å². The number of nitrogens with two attached hydrogens (primary N) is 1. The van der Waals surface area contributed by atoms with Crippen LogP contribution >= 0.6 is 35.1 Å². The number of rotatable bonds is 5. The lowest BCUT2D eigenvalue weighted by Gasteiger charge is -2.36. The molecule has 3 aliphatic heterocycles. The summed E-state index contributed by atoms with van der Waals surface area (Å²) in [7, 11) is 0. The Balaban J connectivity index is 1.55. The monoisotopic (exact) mass is 453 g/mol. The molecule has 3 heterocycles. The van der Waals surface area contributed by atoms with E-state index in [4.69, 9.17) is 17.3 Å². The van der Waals surface area contributed by atoms with Crippen molar-refractivity contribution in [3.05, 3.63) is 40.0 Å². The van der Waals surface area contributed by atoms with Crippen LogP contribution < -0.4 is 5.73 Å². The second-order valence-electron chi connectivity index (χ2n) is 6.93. The molecule has 2 unspecified atom stereocenters. The molecule has 0 saturated carbocycles. The molecular formula is C19H21ClFN5OS2. The lowest BCUT2D eigenvalue weighted by molar-refractivity contribution is -0.113. The average Bonchev–Trinajstić information content (AvgIpc) is 3.17. The van der Waals surface area contributed by atoms with Crippen molar-refractivity contribution in [3.63, 3.8) is 0 Å². The summed E-state index contributed by atoms with van der Waals surface area (Å²) in [4.78, 5) is 26.0. The Labute approximate surface area is 182 Å². The maximum Gasteiger partial charge on any atom is 0.254 e. The van der Waals surface area contributed by atoms with Gasteiger partial charge in [-0.2, -0.15) is 11.8 Å². The van der Waals surface area contributed by atoms with E-state index in [1.54, 1.807) is 12.4 Å². The highest BCUT2D eigenvalue weighted by molar-refractivity contribution is 8.04. The number of hydrogen-bond acceptors (Lipinski definition) is 6. The summed E-state index contributed by atoms with van der Waals surface area (Å²) in [5.74, 6) is 1.79. The molecule has 3 aliphatic rings. The van der Waals surface area contributed by atoms with E-state index in [2.05, 4.69) is 19.8 Å². The van der Waals surface area contributed by atoms with Crippen molar-refractivity contribution >= 4 is 58.9 Å². The Bertz CT molecular complexity index is 887. The first-order chi connectivity index (χ1) is 14.0. The molecule has 1 fully saturated rings. The number of thioether (sulfide) groups is 2. The summed E-state index contributed by atoms with van der Waals surface area (Å²) in [5, 5.41) is -0.0116. The largest absolute Gasteiger partial charge is 0.365 e. The number of halogens is 2. The Morgan fingerprint density at radius 2 is 2.14 bits per heavy atom.